The molecule has 0 aliphatic rings. The predicted molar refractivity (Wildman–Crippen MR) is 58.2 cm³/mol. The van der Waals surface area contributed by atoms with Crippen LogP contribution in [-0.2, 0) is 17.1 Å². The third kappa shape index (κ3) is 3.10. The van der Waals surface area contributed by atoms with Gasteiger partial charge in [-0.1, -0.05) is 0 Å². The third-order valence-corrected chi connectivity index (χ3v) is 3.99. The van der Waals surface area contributed by atoms with Crippen LogP contribution in [0, 0.1) is 5.95 Å². The summed E-state index contributed by atoms with van der Waals surface area (Å²) in [5, 5.41) is 8.70. The van der Waals surface area contributed by atoms with Crippen LogP contribution in [0.1, 0.15) is 17.4 Å². The number of carboxylic acid groups (broad SMARTS) is 1. The van der Waals surface area contributed by atoms with E-state index in [9.17, 15) is 30.8 Å². The van der Waals surface area contributed by atoms with Crippen molar-refractivity contribution in [3.63, 3.8) is 0 Å². The summed E-state index contributed by atoms with van der Waals surface area (Å²) in [6, 6.07) is -2.00. The smallest absolute Gasteiger partial charge is 0.404 e. The molecule has 1 aromatic heterocycles. The quantitative estimate of drug-likeness (QED) is 0.814. The number of carbonyl (C=O) groups is 1. The first-order valence-corrected chi connectivity index (χ1v) is 6.53. The van der Waals surface area contributed by atoms with Crippen molar-refractivity contribution in [3.8, 4) is 0 Å². The second kappa shape index (κ2) is 5.05. The number of nitrogens with zero attached hydrogens (tertiary/aromatic N) is 1. The van der Waals surface area contributed by atoms with Gasteiger partial charge < -0.3 is 9.67 Å². The van der Waals surface area contributed by atoms with E-state index in [0.717, 1.165) is 7.05 Å². The average molecular weight is 318 g/mol. The molecular formula is C9H10F4N2O4S. The van der Waals surface area contributed by atoms with Crippen LogP contribution in [-0.4, -0.2) is 36.3 Å². The maximum Gasteiger partial charge on any atom is 0.404 e. The maximum absolute atomic E-state index is 13.6. The molecule has 0 bridgehead atoms. The molecule has 6 nitrogen and oxygen atoms in total. The standard InChI is InChI=1S/C9H10F4N2O4S/c1-4(9(11,12)13)14-20(18,19)6-3-5(8(16)17)15(2)7(6)10/h3-4,14H,1-2H3,(H,16,17). The Morgan fingerprint density at radius 3 is 2.30 bits per heavy atom. The minimum Gasteiger partial charge on any atom is -0.477 e. The Morgan fingerprint density at radius 2 is 1.95 bits per heavy atom. The first kappa shape index (κ1) is 16.4. The van der Waals surface area contributed by atoms with E-state index in [2.05, 4.69) is 0 Å². The zero-order valence-electron chi connectivity index (χ0n) is 10.2. The summed E-state index contributed by atoms with van der Waals surface area (Å²) in [6.07, 6.45) is -4.85. The van der Waals surface area contributed by atoms with Gasteiger partial charge in [-0.25, -0.2) is 13.2 Å². The van der Waals surface area contributed by atoms with Crippen molar-refractivity contribution >= 4 is 16.0 Å². The van der Waals surface area contributed by atoms with Crippen LogP contribution in [0.2, 0.25) is 0 Å². The van der Waals surface area contributed by atoms with E-state index in [1.54, 1.807) is 0 Å². The van der Waals surface area contributed by atoms with Crippen LogP contribution in [0.5, 0.6) is 0 Å². The molecule has 0 aromatic carbocycles. The van der Waals surface area contributed by atoms with E-state index in [4.69, 9.17) is 5.11 Å². The number of rotatable bonds is 4. The van der Waals surface area contributed by atoms with Gasteiger partial charge in [0.05, 0.1) is 0 Å². The lowest BCUT2D eigenvalue weighted by Gasteiger charge is -2.16. The van der Waals surface area contributed by atoms with Gasteiger partial charge in [0.25, 0.3) is 0 Å². The first-order chi connectivity index (χ1) is 8.88. The lowest BCUT2D eigenvalue weighted by Crippen LogP contribution is -2.43. The fourth-order valence-corrected chi connectivity index (χ4v) is 2.66. The molecule has 1 unspecified atom stereocenters. The van der Waals surface area contributed by atoms with Crippen LogP contribution < -0.4 is 4.72 Å². The predicted octanol–water partition coefficient (Wildman–Crippen LogP) is 1.09. The SMILES string of the molecule is CC(NS(=O)(=O)c1cc(C(=O)O)n(C)c1F)C(F)(F)F. The molecule has 0 aliphatic carbocycles. The Morgan fingerprint density at radius 1 is 1.45 bits per heavy atom. The third-order valence-electron chi connectivity index (χ3n) is 2.46. The number of aromatic carboxylic acids is 1. The molecule has 11 heteroatoms. The Balaban J connectivity index is 3.24. The maximum atomic E-state index is 13.6. The van der Waals surface area contributed by atoms with Crippen molar-refractivity contribution in [1.29, 1.82) is 0 Å². The number of hydrogen-bond acceptors (Lipinski definition) is 3. The van der Waals surface area contributed by atoms with Gasteiger partial charge in [0.1, 0.15) is 16.6 Å². The summed E-state index contributed by atoms with van der Waals surface area (Å²) in [4.78, 5) is 9.55. The molecule has 1 heterocycles. The van der Waals surface area contributed by atoms with E-state index >= 15 is 0 Å². The normalized spacial score (nSPS) is 14.3. The highest BCUT2D eigenvalue weighted by molar-refractivity contribution is 7.89. The number of nitrogens with one attached hydrogen (secondary N) is 1. The van der Waals surface area contributed by atoms with Crippen molar-refractivity contribution in [1.82, 2.24) is 9.29 Å². The monoisotopic (exact) mass is 318 g/mol. The van der Waals surface area contributed by atoms with Gasteiger partial charge in [-0.2, -0.15) is 22.3 Å². The van der Waals surface area contributed by atoms with Crippen molar-refractivity contribution in [2.24, 2.45) is 7.05 Å². The minimum absolute atomic E-state index is 0.412. The molecule has 1 aromatic rings. The van der Waals surface area contributed by atoms with Crippen molar-refractivity contribution in [2.75, 3.05) is 0 Å². The zero-order valence-corrected chi connectivity index (χ0v) is 11.0. The average Bonchev–Trinajstić information content (AvgIpc) is 2.54. The van der Waals surface area contributed by atoms with Crippen LogP contribution in [0.3, 0.4) is 0 Å². The number of hydrogen-bond donors (Lipinski definition) is 2. The molecule has 1 rings (SSSR count). The minimum atomic E-state index is -4.85. The van der Waals surface area contributed by atoms with E-state index in [1.807, 2.05) is 0 Å². The van der Waals surface area contributed by atoms with Gasteiger partial charge in [-0.3, -0.25) is 0 Å². The molecule has 2 N–H and O–H groups in total. The number of aromatic nitrogens is 1. The van der Waals surface area contributed by atoms with E-state index < -0.39 is 44.7 Å². The fraction of sp³-hybridized carbons (Fsp3) is 0.444. The van der Waals surface area contributed by atoms with Crippen molar-refractivity contribution in [2.45, 2.75) is 24.0 Å². The first-order valence-electron chi connectivity index (χ1n) is 5.05. The summed E-state index contributed by atoms with van der Waals surface area (Å²) in [5.74, 6) is -3.08. The second-order valence-corrected chi connectivity index (χ2v) is 5.62. The summed E-state index contributed by atoms with van der Waals surface area (Å²) < 4.78 is 75.4. The van der Waals surface area contributed by atoms with E-state index in [-0.39, 0.29) is 0 Å². The van der Waals surface area contributed by atoms with E-state index in [1.165, 1.54) is 4.72 Å². The van der Waals surface area contributed by atoms with Gasteiger partial charge in [0.15, 0.2) is 0 Å². The molecule has 0 fully saturated rings. The Hall–Kier alpha value is -1.62. The van der Waals surface area contributed by atoms with Gasteiger partial charge in [-0.05, 0) is 13.0 Å². The molecule has 0 saturated carbocycles. The molecular weight excluding hydrogens is 308 g/mol. The highest BCUT2D eigenvalue weighted by atomic mass is 32.2. The summed E-state index contributed by atoms with van der Waals surface area (Å²) in [5.41, 5.74) is -0.706. The van der Waals surface area contributed by atoms with Gasteiger partial charge >= 0.3 is 12.1 Å². The van der Waals surface area contributed by atoms with Crippen LogP contribution in [0.25, 0.3) is 0 Å². The molecule has 0 amide bonds. The Kier molecular flexibility index (Phi) is 4.15. The van der Waals surface area contributed by atoms with Crippen molar-refractivity contribution < 1.29 is 35.9 Å². The largest absolute Gasteiger partial charge is 0.477 e. The highest BCUT2D eigenvalue weighted by Gasteiger charge is 2.40. The summed E-state index contributed by atoms with van der Waals surface area (Å²) in [7, 11) is -3.90. The van der Waals surface area contributed by atoms with Gasteiger partial charge in [-0.15, -0.1) is 0 Å². The summed E-state index contributed by atoms with van der Waals surface area (Å²) in [6.45, 7) is 0.538. The van der Waals surface area contributed by atoms with Gasteiger partial charge in [0, 0.05) is 7.05 Å². The van der Waals surface area contributed by atoms with Gasteiger partial charge in [0.2, 0.25) is 16.0 Å². The van der Waals surface area contributed by atoms with Crippen LogP contribution in [0.15, 0.2) is 11.0 Å². The number of carboxylic acids is 1. The van der Waals surface area contributed by atoms with E-state index in [0.29, 0.717) is 17.6 Å². The summed E-state index contributed by atoms with van der Waals surface area (Å²) >= 11 is 0. The number of sulfonamides is 1. The molecule has 0 spiro atoms. The molecule has 114 valence electrons. The van der Waals surface area contributed by atoms with Crippen LogP contribution in [0.4, 0.5) is 17.6 Å². The number of halogens is 4. The molecule has 0 radical (unpaired) electrons. The highest BCUT2D eigenvalue weighted by Crippen LogP contribution is 2.24. The topological polar surface area (TPSA) is 88.4 Å². The lowest BCUT2D eigenvalue weighted by atomic mass is 10.4. The van der Waals surface area contributed by atoms with Crippen LogP contribution >= 0.6 is 0 Å². The molecule has 0 aliphatic heterocycles. The zero-order chi connectivity index (χ0) is 15.9. The molecule has 1 atom stereocenters. The lowest BCUT2D eigenvalue weighted by molar-refractivity contribution is -0.147. The molecule has 0 saturated heterocycles. The van der Waals surface area contributed by atoms with Crippen molar-refractivity contribution in [3.05, 3.63) is 17.7 Å². The Labute approximate surface area is 111 Å². The Bertz CT molecular complexity index is 635. The molecule has 20 heavy (non-hydrogen) atoms. The fourth-order valence-electron chi connectivity index (χ4n) is 1.31. The number of alkyl halides is 3. The second-order valence-electron chi connectivity index (χ2n) is 3.93.